The van der Waals surface area contributed by atoms with Crippen molar-refractivity contribution in [2.75, 3.05) is 26.3 Å². The van der Waals surface area contributed by atoms with E-state index in [0.29, 0.717) is 48.0 Å². The Hall–Kier alpha value is -3.78. The highest BCUT2D eigenvalue weighted by molar-refractivity contribution is 6.01. The monoisotopic (exact) mass is 553 g/mol. The lowest BCUT2D eigenvalue weighted by Crippen LogP contribution is -2.40. The molecule has 1 aliphatic carbocycles. The maximum absolute atomic E-state index is 15.4. The Balaban J connectivity index is 1.60. The second-order valence-corrected chi connectivity index (χ2v) is 10.2. The highest BCUT2D eigenvalue weighted by Crippen LogP contribution is 2.43. The van der Waals surface area contributed by atoms with E-state index in [1.807, 2.05) is 24.3 Å². The summed E-state index contributed by atoms with van der Waals surface area (Å²) in [6, 6.07) is 15.6. The number of carboxylic acids is 1. The van der Waals surface area contributed by atoms with Crippen LogP contribution in [0.4, 0.5) is 22.0 Å². The first-order chi connectivity index (χ1) is 19.2. The maximum Gasteiger partial charge on any atom is 0.419 e. The van der Waals surface area contributed by atoms with E-state index in [1.54, 1.807) is 12.1 Å². The van der Waals surface area contributed by atoms with Crippen LogP contribution in [0.5, 0.6) is 0 Å². The number of allylic oxidation sites excluding steroid dienone is 1. The van der Waals surface area contributed by atoms with Crippen molar-refractivity contribution in [1.82, 2.24) is 4.90 Å². The number of alkyl halides is 4. The van der Waals surface area contributed by atoms with Crippen LogP contribution in [0.2, 0.25) is 0 Å². The molecule has 0 aromatic heterocycles. The molecule has 1 N–H and O–H groups in total. The smallest absolute Gasteiger partial charge is 0.419 e. The van der Waals surface area contributed by atoms with Crippen molar-refractivity contribution < 1.29 is 31.9 Å². The molecule has 208 valence electrons. The standard InChI is InChI=1S/C32H28F5NO2/c33-14-3-15-38-18-21(19-38)16-20-8-10-22(11-9-20)29-25-13-12-24(31(39)40)17-23(25)4-1-5-26(29)27-6-2-7-28(30(27)34)32(35,36)37/h2,6-13,16-17H,1,3-5,14-15,18-19H2,(H,39,40). The first-order valence-corrected chi connectivity index (χ1v) is 13.2. The summed E-state index contributed by atoms with van der Waals surface area (Å²) < 4.78 is 68.6. The van der Waals surface area contributed by atoms with Crippen LogP contribution in [-0.2, 0) is 12.6 Å². The summed E-state index contributed by atoms with van der Waals surface area (Å²) in [5, 5.41) is 9.51. The highest BCUT2D eigenvalue weighted by atomic mass is 19.4. The average Bonchev–Trinajstić information content (AvgIpc) is 3.08. The van der Waals surface area contributed by atoms with Gasteiger partial charge in [-0.3, -0.25) is 9.29 Å². The summed E-state index contributed by atoms with van der Waals surface area (Å²) in [5.41, 5.74) is 4.08. The molecule has 0 amide bonds. The molecule has 1 saturated heterocycles. The van der Waals surface area contributed by atoms with Gasteiger partial charge in [-0.2, -0.15) is 13.2 Å². The van der Waals surface area contributed by atoms with Gasteiger partial charge in [0.1, 0.15) is 5.82 Å². The zero-order valence-corrected chi connectivity index (χ0v) is 21.7. The molecular weight excluding hydrogens is 525 g/mol. The predicted octanol–water partition coefficient (Wildman–Crippen LogP) is 7.90. The number of aromatic carboxylic acids is 1. The number of rotatable bonds is 7. The molecule has 0 bridgehead atoms. The van der Waals surface area contributed by atoms with E-state index in [0.717, 1.165) is 36.8 Å². The van der Waals surface area contributed by atoms with Crippen LogP contribution in [0.15, 0.2) is 66.2 Å². The lowest BCUT2D eigenvalue weighted by molar-refractivity contribution is -0.140. The van der Waals surface area contributed by atoms with Crippen LogP contribution < -0.4 is 0 Å². The van der Waals surface area contributed by atoms with Gasteiger partial charge in [-0.05, 0) is 82.9 Å². The summed E-state index contributed by atoms with van der Waals surface area (Å²) in [7, 11) is 0. The van der Waals surface area contributed by atoms with Gasteiger partial charge in [-0.25, -0.2) is 9.18 Å². The van der Waals surface area contributed by atoms with Crippen molar-refractivity contribution in [3.63, 3.8) is 0 Å². The Bertz CT molecular complexity index is 1480. The first-order valence-electron chi connectivity index (χ1n) is 13.2. The van der Waals surface area contributed by atoms with Crippen LogP contribution in [0.3, 0.4) is 0 Å². The topological polar surface area (TPSA) is 40.5 Å². The van der Waals surface area contributed by atoms with E-state index in [1.165, 1.54) is 23.8 Å². The number of benzene rings is 3. The lowest BCUT2D eigenvalue weighted by Gasteiger charge is -2.33. The predicted molar refractivity (Wildman–Crippen MR) is 145 cm³/mol. The van der Waals surface area contributed by atoms with Gasteiger partial charge in [0.15, 0.2) is 0 Å². The molecule has 1 heterocycles. The van der Waals surface area contributed by atoms with Crippen molar-refractivity contribution in [2.45, 2.75) is 31.9 Å². The third-order valence-corrected chi connectivity index (χ3v) is 7.46. The maximum atomic E-state index is 15.4. The van der Waals surface area contributed by atoms with Crippen molar-refractivity contribution in [3.8, 4) is 0 Å². The van der Waals surface area contributed by atoms with E-state index in [-0.39, 0.29) is 17.8 Å². The number of fused-ring (bicyclic) bond motifs is 1. The molecule has 3 nitrogen and oxygen atoms in total. The minimum Gasteiger partial charge on any atom is -0.478 e. The molecule has 1 aliphatic heterocycles. The van der Waals surface area contributed by atoms with Crippen molar-refractivity contribution in [2.24, 2.45) is 0 Å². The Morgan fingerprint density at radius 2 is 1.73 bits per heavy atom. The Kier molecular flexibility index (Phi) is 7.90. The number of halogens is 5. The van der Waals surface area contributed by atoms with Crippen LogP contribution >= 0.6 is 0 Å². The molecule has 0 unspecified atom stereocenters. The molecule has 0 spiro atoms. The van der Waals surface area contributed by atoms with E-state index in [2.05, 4.69) is 11.0 Å². The van der Waals surface area contributed by atoms with Crippen molar-refractivity contribution in [3.05, 3.63) is 111 Å². The number of hydrogen-bond acceptors (Lipinski definition) is 2. The average molecular weight is 554 g/mol. The highest BCUT2D eigenvalue weighted by Gasteiger charge is 2.36. The number of carbonyl (C=O) groups is 1. The minimum absolute atomic E-state index is 0.103. The van der Waals surface area contributed by atoms with E-state index in [9.17, 15) is 27.5 Å². The van der Waals surface area contributed by atoms with Gasteiger partial charge >= 0.3 is 12.1 Å². The number of likely N-dealkylation sites (tertiary alicyclic amines) is 1. The normalized spacial score (nSPS) is 15.9. The largest absolute Gasteiger partial charge is 0.478 e. The van der Waals surface area contributed by atoms with E-state index >= 15 is 4.39 Å². The van der Waals surface area contributed by atoms with Crippen molar-refractivity contribution in [1.29, 1.82) is 0 Å². The number of carboxylic acid groups (broad SMARTS) is 1. The summed E-state index contributed by atoms with van der Waals surface area (Å²) >= 11 is 0. The number of aryl methyl sites for hydroxylation is 1. The van der Waals surface area contributed by atoms with Crippen LogP contribution in [-0.4, -0.2) is 42.3 Å². The van der Waals surface area contributed by atoms with Gasteiger partial charge in [0, 0.05) is 25.2 Å². The SMILES string of the molecule is O=C(O)c1ccc2c(c1)CCCC(c1cccc(C(F)(F)F)c1F)=C2c1ccc(C=C2CN(CCCF)C2)cc1. The molecule has 5 rings (SSSR count). The van der Waals surface area contributed by atoms with Gasteiger partial charge in [-0.15, -0.1) is 0 Å². The zero-order valence-electron chi connectivity index (χ0n) is 21.7. The molecule has 2 aliphatic rings. The number of hydrogen-bond donors (Lipinski definition) is 1. The molecule has 40 heavy (non-hydrogen) atoms. The third-order valence-electron chi connectivity index (χ3n) is 7.46. The van der Waals surface area contributed by atoms with Gasteiger partial charge in [0.2, 0.25) is 0 Å². The van der Waals surface area contributed by atoms with E-state index in [4.69, 9.17) is 0 Å². The minimum atomic E-state index is -4.84. The Morgan fingerprint density at radius 3 is 2.40 bits per heavy atom. The Morgan fingerprint density at radius 1 is 0.975 bits per heavy atom. The number of nitrogens with zero attached hydrogens (tertiary/aromatic N) is 1. The second kappa shape index (κ2) is 11.4. The fraction of sp³-hybridized carbons (Fsp3) is 0.281. The van der Waals surface area contributed by atoms with Crippen LogP contribution in [0.1, 0.15) is 63.0 Å². The Labute approximate surface area is 229 Å². The van der Waals surface area contributed by atoms with Gasteiger partial charge in [-0.1, -0.05) is 48.5 Å². The van der Waals surface area contributed by atoms with Crippen molar-refractivity contribution >= 4 is 23.2 Å². The summed E-state index contributed by atoms with van der Waals surface area (Å²) in [6.07, 6.45) is -0.900. The molecule has 8 heteroatoms. The summed E-state index contributed by atoms with van der Waals surface area (Å²) in [5.74, 6) is -2.38. The van der Waals surface area contributed by atoms with Gasteiger partial charge < -0.3 is 5.11 Å². The molecule has 0 radical (unpaired) electrons. The van der Waals surface area contributed by atoms with Gasteiger partial charge in [0.25, 0.3) is 0 Å². The molecule has 3 aromatic carbocycles. The fourth-order valence-corrected chi connectivity index (χ4v) is 5.55. The molecule has 1 fully saturated rings. The first kappa shape index (κ1) is 27.8. The lowest BCUT2D eigenvalue weighted by atomic mass is 9.86. The zero-order chi connectivity index (χ0) is 28.4. The van der Waals surface area contributed by atoms with E-state index < -0.39 is 23.5 Å². The second-order valence-electron chi connectivity index (χ2n) is 10.2. The summed E-state index contributed by atoms with van der Waals surface area (Å²) in [6.45, 7) is 1.95. The third kappa shape index (κ3) is 5.72. The molecule has 3 aromatic rings. The van der Waals surface area contributed by atoms with Crippen LogP contribution in [0.25, 0.3) is 17.2 Å². The van der Waals surface area contributed by atoms with Crippen LogP contribution in [0, 0.1) is 5.82 Å². The molecule has 0 saturated carbocycles. The molecule has 0 atom stereocenters. The molecular formula is C32H28F5NO2. The van der Waals surface area contributed by atoms with Gasteiger partial charge in [0.05, 0.1) is 17.8 Å². The fourth-order valence-electron chi connectivity index (χ4n) is 5.55. The summed E-state index contributed by atoms with van der Waals surface area (Å²) in [4.78, 5) is 13.8. The quantitative estimate of drug-likeness (QED) is 0.303.